The number of aromatic nitrogens is 1. The number of benzene rings is 2. The largest absolute Gasteiger partial charge is 0.335 e. The van der Waals surface area contributed by atoms with Crippen molar-refractivity contribution in [1.29, 1.82) is 0 Å². The quantitative estimate of drug-likeness (QED) is 0.613. The smallest absolute Gasteiger partial charge is 0.273 e. The number of carbonyl (C=O) groups is 2. The molecule has 32 heavy (non-hydrogen) atoms. The fourth-order valence-corrected chi connectivity index (χ4v) is 4.83. The molecule has 2 aromatic carbocycles. The molecule has 0 atom stereocenters. The summed E-state index contributed by atoms with van der Waals surface area (Å²) in [5.74, 6) is -0.547. The molecule has 0 bridgehead atoms. The number of carbonyl (C=O) groups excluding carboxylic acids is 2. The summed E-state index contributed by atoms with van der Waals surface area (Å²) in [5, 5.41) is 1.78. The molecular formula is C24H23FN4O2S. The van der Waals surface area contributed by atoms with Gasteiger partial charge in [-0.15, -0.1) is 11.3 Å². The van der Waals surface area contributed by atoms with Crippen molar-refractivity contribution in [3.63, 3.8) is 0 Å². The summed E-state index contributed by atoms with van der Waals surface area (Å²) in [6.45, 7) is 4.13. The van der Waals surface area contributed by atoms with E-state index in [2.05, 4.69) is 9.88 Å². The molecule has 2 aliphatic rings. The van der Waals surface area contributed by atoms with E-state index in [1.54, 1.807) is 27.9 Å². The average molecular weight is 451 g/mol. The van der Waals surface area contributed by atoms with Crippen molar-refractivity contribution in [2.45, 2.75) is 6.04 Å². The second kappa shape index (κ2) is 8.80. The van der Waals surface area contributed by atoms with Crippen molar-refractivity contribution in [2.75, 3.05) is 39.3 Å². The number of hydrogen-bond acceptors (Lipinski definition) is 5. The summed E-state index contributed by atoms with van der Waals surface area (Å²) >= 11 is 1.42. The van der Waals surface area contributed by atoms with Gasteiger partial charge in [0.2, 0.25) is 0 Å². The maximum atomic E-state index is 14.6. The number of thiazole rings is 1. The van der Waals surface area contributed by atoms with Gasteiger partial charge in [-0.3, -0.25) is 14.5 Å². The molecule has 0 aliphatic carbocycles. The van der Waals surface area contributed by atoms with E-state index in [0.29, 0.717) is 43.0 Å². The predicted molar refractivity (Wildman–Crippen MR) is 121 cm³/mol. The van der Waals surface area contributed by atoms with E-state index in [1.165, 1.54) is 17.4 Å². The number of rotatable bonds is 4. The summed E-state index contributed by atoms with van der Waals surface area (Å²) < 4.78 is 14.6. The highest BCUT2D eigenvalue weighted by molar-refractivity contribution is 7.07. The van der Waals surface area contributed by atoms with Crippen LogP contribution >= 0.6 is 11.3 Å². The van der Waals surface area contributed by atoms with Crippen molar-refractivity contribution < 1.29 is 14.0 Å². The first-order valence-corrected chi connectivity index (χ1v) is 11.6. The molecule has 0 N–H and O–H groups in total. The highest BCUT2D eigenvalue weighted by Gasteiger charge is 2.37. The van der Waals surface area contributed by atoms with Crippen LogP contribution in [0.25, 0.3) is 11.1 Å². The van der Waals surface area contributed by atoms with Gasteiger partial charge in [-0.05, 0) is 17.7 Å². The van der Waals surface area contributed by atoms with Crippen LogP contribution in [0.4, 0.5) is 4.39 Å². The fraction of sp³-hybridized carbons (Fsp3) is 0.292. The van der Waals surface area contributed by atoms with Crippen LogP contribution in [-0.4, -0.2) is 76.8 Å². The third kappa shape index (κ3) is 4.03. The zero-order valence-corrected chi connectivity index (χ0v) is 18.3. The summed E-state index contributed by atoms with van der Waals surface area (Å²) in [6.07, 6.45) is 0. The van der Waals surface area contributed by atoms with Gasteiger partial charge in [0.1, 0.15) is 11.5 Å². The average Bonchev–Trinajstić information content (AvgIpc) is 3.33. The lowest BCUT2D eigenvalue weighted by atomic mass is 10.0. The Morgan fingerprint density at radius 3 is 2.34 bits per heavy atom. The van der Waals surface area contributed by atoms with Gasteiger partial charge in [0.15, 0.2) is 0 Å². The van der Waals surface area contributed by atoms with E-state index in [-0.39, 0.29) is 23.7 Å². The monoisotopic (exact) mass is 450 g/mol. The van der Waals surface area contributed by atoms with E-state index in [1.807, 2.05) is 35.2 Å². The van der Waals surface area contributed by atoms with Gasteiger partial charge in [0.25, 0.3) is 11.8 Å². The van der Waals surface area contributed by atoms with E-state index < -0.39 is 0 Å². The molecule has 3 aromatic rings. The van der Waals surface area contributed by atoms with E-state index in [4.69, 9.17) is 0 Å². The molecule has 2 saturated heterocycles. The Morgan fingerprint density at radius 2 is 1.69 bits per heavy atom. The third-order valence-electron chi connectivity index (χ3n) is 6.22. The van der Waals surface area contributed by atoms with Gasteiger partial charge in [0, 0.05) is 61.8 Å². The lowest BCUT2D eigenvalue weighted by Gasteiger charge is -2.48. The Labute approximate surface area is 189 Å². The minimum Gasteiger partial charge on any atom is -0.335 e. The summed E-state index contributed by atoms with van der Waals surface area (Å²) in [7, 11) is 0. The molecule has 0 radical (unpaired) electrons. The summed E-state index contributed by atoms with van der Waals surface area (Å²) in [5.41, 5.74) is 3.84. The van der Waals surface area contributed by atoms with E-state index in [0.717, 1.165) is 18.7 Å². The van der Waals surface area contributed by atoms with Crippen LogP contribution in [0, 0.1) is 5.82 Å². The van der Waals surface area contributed by atoms with Crippen LogP contribution in [0.2, 0.25) is 0 Å². The molecule has 6 nitrogen and oxygen atoms in total. The molecule has 2 amide bonds. The Kier molecular flexibility index (Phi) is 5.71. The van der Waals surface area contributed by atoms with Crippen molar-refractivity contribution in [1.82, 2.24) is 19.7 Å². The Morgan fingerprint density at radius 1 is 0.938 bits per heavy atom. The van der Waals surface area contributed by atoms with Crippen molar-refractivity contribution >= 4 is 23.2 Å². The van der Waals surface area contributed by atoms with Gasteiger partial charge in [0.05, 0.1) is 5.51 Å². The van der Waals surface area contributed by atoms with Crippen LogP contribution in [-0.2, 0) is 0 Å². The van der Waals surface area contributed by atoms with Crippen LogP contribution in [0.15, 0.2) is 59.4 Å². The fourth-order valence-electron chi connectivity index (χ4n) is 4.30. The number of amides is 2. The van der Waals surface area contributed by atoms with Gasteiger partial charge in [-0.25, -0.2) is 9.37 Å². The van der Waals surface area contributed by atoms with Gasteiger partial charge < -0.3 is 9.80 Å². The number of piperazine rings is 1. The maximum absolute atomic E-state index is 14.6. The normalized spacial score (nSPS) is 17.3. The Balaban J connectivity index is 1.14. The molecule has 5 rings (SSSR count). The minimum atomic E-state index is -0.389. The molecule has 3 heterocycles. The molecule has 2 fully saturated rings. The van der Waals surface area contributed by atoms with Crippen LogP contribution in [0.1, 0.15) is 20.8 Å². The van der Waals surface area contributed by atoms with Gasteiger partial charge >= 0.3 is 0 Å². The topological polar surface area (TPSA) is 56.8 Å². The van der Waals surface area contributed by atoms with Gasteiger partial charge in [-0.2, -0.15) is 0 Å². The highest BCUT2D eigenvalue weighted by atomic mass is 32.1. The molecule has 8 heteroatoms. The molecule has 164 valence electrons. The highest BCUT2D eigenvalue weighted by Crippen LogP contribution is 2.25. The van der Waals surface area contributed by atoms with Crippen LogP contribution < -0.4 is 0 Å². The van der Waals surface area contributed by atoms with E-state index >= 15 is 0 Å². The molecule has 2 aliphatic heterocycles. The predicted octanol–water partition coefficient (Wildman–Crippen LogP) is 3.23. The van der Waals surface area contributed by atoms with Crippen molar-refractivity contribution in [2.24, 2.45) is 0 Å². The van der Waals surface area contributed by atoms with Gasteiger partial charge in [-0.1, -0.05) is 36.4 Å². The first kappa shape index (κ1) is 20.8. The number of hydrogen-bond donors (Lipinski definition) is 0. The second-order valence-corrected chi connectivity index (χ2v) is 8.85. The summed E-state index contributed by atoms with van der Waals surface area (Å²) in [6, 6.07) is 14.3. The third-order valence-corrected chi connectivity index (χ3v) is 6.81. The first-order chi connectivity index (χ1) is 15.6. The maximum Gasteiger partial charge on any atom is 0.273 e. The Bertz CT molecular complexity index is 1110. The van der Waals surface area contributed by atoms with Crippen LogP contribution in [0.5, 0.6) is 0 Å². The number of nitrogens with zero attached hydrogens (tertiary/aromatic N) is 4. The Hall–Kier alpha value is -3.10. The number of likely N-dealkylation sites (tertiary alicyclic amines) is 1. The molecule has 0 unspecified atom stereocenters. The molecule has 0 saturated carbocycles. The SMILES string of the molecule is O=C(c1ccc(-c2ccccc2)c(F)c1)N1CC(N2CCN(C(=O)c3cscn3)CC2)C1. The lowest BCUT2D eigenvalue weighted by Crippen LogP contribution is -2.64. The minimum absolute atomic E-state index is 0.0164. The number of halogens is 1. The second-order valence-electron chi connectivity index (χ2n) is 8.13. The zero-order chi connectivity index (χ0) is 22.1. The molecule has 1 aromatic heterocycles. The van der Waals surface area contributed by atoms with Crippen molar-refractivity contribution in [3.8, 4) is 11.1 Å². The van der Waals surface area contributed by atoms with Crippen molar-refractivity contribution in [3.05, 3.63) is 76.5 Å². The van der Waals surface area contributed by atoms with E-state index in [9.17, 15) is 14.0 Å². The summed E-state index contributed by atoms with van der Waals surface area (Å²) in [4.78, 5) is 35.3. The van der Waals surface area contributed by atoms with Crippen LogP contribution in [0.3, 0.4) is 0 Å². The molecular weight excluding hydrogens is 427 g/mol. The standard InChI is InChI=1S/C24H23FN4O2S/c25-21-12-18(6-7-20(21)17-4-2-1-3-5-17)23(30)29-13-19(14-29)27-8-10-28(11-9-27)24(31)22-15-32-16-26-22/h1-7,12,15-16,19H,8-11,13-14H2. The lowest BCUT2D eigenvalue weighted by molar-refractivity contribution is 0.00842. The first-order valence-electron chi connectivity index (χ1n) is 10.7. The zero-order valence-electron chi connectivity index (χ0n) is 17.5. The molecule has 0 spiro atoms.